The van der Waals surface area contributed by atoms with Crippen molar-refractivity contribution in [2.24, 2.45) is 0 Å². The summed E-state index contributed by atoms with van der Waals surface area (Å²) in [6.45, 7) is 0.622. The number of hydrogen-bond acceptors (Lipinski definition) is 3. The number of nitrogens with zero attached hydrogens (tertiary/aromatic N) is 1. The Morgan fingerprint density at radius 3 is 2.92 bits per heavy atom. The summed E-state index contributed by atoms with van der Waals surface area (Å²) in [5.41, 5.74) is 0. The summed E-state index contributed by atoms with van der Waals surface area (Å²) in [6, 6.07) is 0.814. The predicted molar refractivity (Wildman–Crippen MR) is 51.0 cm³/mol. The Morgan fingerprint density at radius 1 is 1.54 bits per heavy atom. The maximum absolute atomic E-state index is 12.9. The van der Waals surface area contributed by atoms with Gasteiger partial charge in [-0.2, -0.15) is 11.8 Å². The minimum absolute atomic E-state index is 0.107. The highest BCUT2D eigenvalue weighted by Crippen LogP contribution is 2.10. The van der Waals surface area contributed by atoms with Gasteiger partial charge in [0.2, 0.25) is 0 Å². The number of aromatic nitrogens is 1. The minimum Gasteiger partial charge on any atom is -0.367 e. The summed E-state index contributed by atoms with van der Waals surface area (Å²) in [5, 5.41) is 2.77. The zero-order valence-electron chi connectivity index (χ0n) is 7.18. The molecule has 0 saturated heterocycles. The monoisotopic (exact) mass is 204 g/mol. The Hall–Kier alpha value is -0.840. The van der Waals surface area contributed by atoms with Gasteiger partial charge in [-0.25, -0.2) is 13.8 Å². The molecular formula is C8H10F2N2S. The molecule has 0 fully saturated rings. The third-order valence-corrected chi connectivity index (χ3v) is 2.02. The summed E-state index contributed by atoms with van der Waals surface area (Å²) >= 11 is 1.64. The molecule has 1 heterocycles. The summed E-state index contributed by atoms with van der Waals surface area (Å²) < 4.78 is 25.3. The van der Waals surface area contributed by atoms with E-state index in [4.69, 9.17) is 0 Å². The lowest BCUT2D eigenvalue weighted by molar-refractivity contribution is 0.576. The Bertz CT molecular complexity index is 281. The average molecular weight is 204 g/mol. The van der Waals surface area contributed by atoms with Gasteiger partial charge in [-0.15, -0.1) is 0 Å². The van der Waals surface area contributed by atoms with Gasteiger partial charge in [0.25, 0.3) is 0 Å². The SMILES string of the molecule is CSCCNc1ncc(F)cc1F. The van der Waals surface area contributed by atoms with E-state index in [-0.39, 0.29) is 5.82 Å². The van der Waals surface area contributed by atoms with Gasteiger partial charge in [0.05, 0.1) is 6.20 Å². The molecule has 0 aliphatic carbocycles. The van der Waals surface area contributed by atoms with Crippen LogP contribution in [0.4, 0.5) is 14.6 Å². The fraction of sp³-hybridized carbons (Fsp3) is 0.375. The summed E-state index contributed by atoms with van der Waals surface area (Å²) in [4.78, 5) is 3.58. The zero-order valence-corrected chi connectivity index (χ0v) is 8.00. The largest absolute Gasteiger partial charge is 0.367 e. The van der Waals surface area contributed by atoms with E-state index in [0.29, 0.717) is 6.54 Å². The molecule has 0 aromatic carbocycles. The maximum atomic E-state index is 12.9. The molecule has 13 heavy (non-hydrogen) atoms. The molecule has 1 aromatic heterocycles. The van der Waals surface area contributed by atoms with Crippen molar-refractivity contribution in [3.05, 3.63) is 23.9 Å². The molecule has 5 heteroatoms. The highest BCUT2D eigenvalue weighted by atomic mass is 32.2. The van der Waals surface area contributed by atoms with Crippen molar-refractivity contribution in [2.75, 3.05) is 23.9 Å². The molecule has 0 atom stereocenters. The Kier molecular flexibility index (Phi) is 3.95. The third-order valence-electron chi connectivity index (χ3n) is 1.41. The topological polar surface area (TPSA) is 24.9 Å². The fourth-order valence-electron chi connectivity index (χ4n) is 0.816. The zero-order chi connectivity index (χ0) is 9.68. The van der Waals surface area contributed by atoms with Crippen LogP contribution in [-0.2, 0) is 0 Å². The molecule has 0 saturated carbocycles. The predicted octanol–water partition coefficient (Wildman–Crippen LogP) is 2.13. The maximum Gasteiger partial charge on any atom is 0.168 e. The van der Waals surface area contributed by atoms with Gasteiger partial charge in [-0.05, 0) is 6.26 Å². The average Bonchev–Trinajstić information content (AvgIpc) is 2.09. The van der Waals surface area contributed by atoms with Crippen molar-refractivity contribution in [2.45, 2.75) is 0 Å². The molecule has 0 aliphatic heterocycles. The van der Waals surface area contributed by atoms with E-state index in [1.807, 2.05) is 6.26 Å². The van der Waals surface area contributed by atoms with Crippen molar-refractivity contribution in [3.8, 4) is 0 Å². The summed E-state index contributed by atoms with van der Waals surface area (Å²) in [6.07, 6.45) is 2.95. The number of rotatable bonds is 4. The molecular weight excluding hydrogens is 194 g/mol. The number of halogens is 2. The molecule has 72 valence electrons. The van der Waals surface area contributed by atoms with E-state index >= 15 is 0 Å². The molecule has 1 rings (SSSR count). The molecule has 0 spiro atoms. The van der Waals surface area contributed by atoms with Gasteiger partial charge in [-0.3, -0.25) is 0 Å². The van der Waals surface area contributed by atoms with Crippen LogP contribution < -0.4 is 5.32 Å². The van der Waals surface area contributed by atoms with Gasteiger partial charge < -0.3 is 5.32 Å². The third kappa shape index (κ3) is 3.18. The molecule has 0 unspecified atom stereocenters. The quantitative estimate of drug-likeness (QED) is 0.760. The molecule has 0 radical (unpaired) electrons. The molecule has 0 bridgehead atoms. The van der Waals surface area contributed by atoms with Crippen LogP contribution in [0.25, 0.3) is 0 Å². The summed E-state index contributed by atoms with van der Waals surface area (Å²) in [5.74, 6) is -0.345. The molecule has 2 nitrogen and oxygen atoms in total. The lowest BCUT2D eigenvalue weighted by Gasteiger charge is -2.04. The van der Waals surface area contributed by atoms with E-state index in [9.17, 15) is 8.78 Å². The molecule has 0 amide bonds. The van der Waals surface area contributed by atoms with E-state index in [0.717, 1.165) is 18.0 Å². The second-order valence-corrected chi connectivity index (χ2v) is 3.39. The van der Waals surface area contributed by atoms with Crippen LogP contribution in [-0.4, -0.2) is 23.5 Å². The number of nitrogens with one attached hydrogen (secondary N) is 1. The van der Waals surface area contributed by atoms with Gasteiger partial charge in [0, 0.05) is 18.4 Å². The normalized spacial score (nSPS) is 10.1. The first-order valence-corrected chi connectivity index (χ1v) is 5.17. The number of pyridine rings is 1. The van der Waals surface area contributed by atoms with E-state index in [1.165, 1.54) is 0 Å². The van der Waals surface area contributed by atoms with Crippen LogP contribution in [0.15, 0.2) is 12.3 Å². The van der Waals surface area contributed by atoms with E-state index in [2.05, 4.69) is 10.3 Å². The second-order valence-electron chi connectivity index (χ2n) is 2.40. The highest BCUT2D eigenvalue weighted by molar-refractivity contribution is 7.98. The smallest absolute Gasteiger partial charge is 0.168 e. The van der Waals surface area contributed by atoms with Gasteiger partial charge in [0.15, 0.2) is 11.6 Å². The van der Waals surface area contributed by atoms with Crippen molar-refractivity contribution in [3.63, 3.8) is 0 Å². The number of anilines is 1. The van der Waals surface area contributed by atoms with Crippen LogP contribution >= 0.6 is 11.8 Å². The first-order chi connectivity index (χ1) is 6.24. The van der Waals surface area contributed by atoms with E-state index < -0.39 is 11.6 Å². The van der Waals surface area contributed by atoms with Crippen LogP contribution in [0.1, 0.15) is 0 Å². The standard InChI is InChI=1S/C8H10F2N2S/c1-13-3-2-11-8-7(10)4-6(9)5-12-8/h4-5H,2-3H2,1H3,(H,11,12). The second kappa shape index (κ2) is 5.01. The van der Waals surface area contributed by atoms with Crippen molar-refractivity contribution >= 4 is 17.6 Å². The van der Waals surface area contributed by atoms with Crippen molar-refractivity contribution in [1.82, 2.24) is 4.98 Å². The van der Waals surface area contributed by atoms with Crippen LogP contribution in [0.5, 0.6) is 0 Å². The van der Waals surface area contributed by atoms with Gasteiger partial charge in [0.1, 0.15) is 5.82 Å². The Labute approximate surface area is 79.7 Å². The van der Waals surface area contributed by atoms with Crippen molar-refractivity contribution < 1.29 is 8.78 Å². The van der Waals surface area contributed by atoms with Gasteiger partial charge in [-0.1, -0.05) is 0 Å². The first kappa shape index (κ1) is 10.2. The van der Waals surface area contributed by atoms with Crippen LogP contribution in [0.2, 0.25) is 0 Å². The summed E-state index contributed by atoms with van der Waals surface area (Å²) in [7, 11) is 0. The highest BCUT2D eigenvalue weighted by Gasteiger charge is 2.03. The lowest BCUT2D eigenvalue weighted by Crippen LogP contribution is -2.07. The number of hydrogen-bond donors (Lipinski definition) is 1. The molecule has 1 N–H and O–H groups in total. The fourth-order valence-corrected chi connectivity index (χ4v) is 1.12. The molecule has 1 aromatic rings. The van der Waals surface area contributed by atoms with Gasteiger partial charge >= 0.3 is 0 Å². The van der Waals surface area contributed by atoms with Crippen LogP contribution in [0, 0.1) is 11.6 Å². The lowest BCUT2D eigenvalue weighted by atomic mass is 10.4. The van der Waals surface area contributed by atoms with Crippen molar-refractivity contribution in [1.29, 1.82) is 0 Å². The molecule has 0 aliphatic rings. The Morgan fingerprint density at radius 2 is 2.31 bits per heavy atom. The number of thioether (sulfide) groups is 1. The Balaban J connectivity index is 2.56. The van der Waals surface area contributed by atoms with E-state index in [1.54, 1.807) is 11.8 Å². The minimum atomic E-state index is -0.659. The van der Waals surface area contributed by atoms with Crippen LogP contribution in [0.3, 0.4) is 0 Å². The first-order valence-electron chi connectivity index (χ1n) is 3.78.